The summed E-state index contributed by atoms with van der Waals surface area (Å²) < 4.78 is 12.5. The number of carbonyl (C=O) groups excluding carboxylic acids is 2. The fraction of sp³-hybridized carbons (Fsp3) is 0.586. The van der Waals surface area contributed by atoms with Crippen LogP contribution in [0.1, 0.15) is 89.9 Å². The van der Waals surface area contributed by atoms with Crippen LogP contribution in [-0.4, -0.2) is 33.6 Å². The van der Waals surface area contributed by atoms with Gasteiger partial charge < -0.3 is 14.3 Å². The van der Waals surface area contributed by atoms with E-state index < -0.39 is 35.7 Å². The first-order valence-electron chi connectivity index (χ1n) is 13.1. The maximum Gasteiger partial charge on any atom is 0.417 e. The van der Waals surface area contributed by atoms with Crippen LogP contribution in [0.25, 0.3) is 0 Å². The number of rotatable bonds is 12. The van der Waals surface area contributed by atoms with Gasteiger partial charge in [0.1, 0.15) is 23.2 Å². The van der Waals surface area contributed by atoms with Gasteiger partial charge in [0.2, 0.25) is 5.91 Å². The van der Waals surface area contributed by atoms with Crippen LogP contribution in [0.2, 0.25) is 0 Å². The first-order valence-corrected chi connectivity index (χ1v) is 13.9. The quantitative estimate of drug-likeness (QED) is 0.276. The third kappa shape index (κ3) is 6.60. The highest BCUT2D eigenvalue weighted by atomic mass is 79.9. The van der Waals surface area contributed by atoms with Crippen LogP contribution in [-0.2, 0) is 22.4 Å². The third-order valence-electron chi connectivity index (χ3n) is 6.98. The van der Waals surface area contributed by atoms with Gasteiger partial charge >= 0.3 is 6.09 Å². The number of ether oxygens (including phenoxy) is 1. The second-order valence-electron chi connectivity index (χ2n) is 10.7. The zero-order valence-electron chi connectivity index (χ0n) is 22.1. The molecule has 0 unspecified atom stereocenters. The lowest BCUT2D eigenvalue weighted by molar-refractivity contribution is -0.139. The number of carbonyl (C=O) groups is 2. The van der Waals surface area contributed by atoms with Gasteiger partial charge in [-0.3, -0.25) is 4.79 Å². The van der Waals surface area contributed by atoms with E-state index in [0.717, 1.165) is 35.1 Å². The number of aliphatic hydroxyl groups is 1. The van der Waals surface area contributed by atoms with Crippen molar-refractivity contribution in [2.45, 2.75) is 97.3 Å². The first kappa shape index (κ1) is 28.5. The molecular weight excluding hydrogens is 522 g/mol. The normalized spacial score (nSPS) is 18.9. The number of nitrogens with zero attached hydrogens (tertiary/aromatic N) is 1. The van der Waals surface area contributed by atoms with Gasteiger partial charge in [-0.1, -0.05) is 76.8 Å². The van der Waals surface area contributed by atoms with E-state index >= 15 is 0 Å². The molecule has 1 aromatic heterocycles. The first-order chi connectivity index (χ1) is 17.1. The molecule has 3 rings (SSSR count). The molecule has 3 atom stereocenters. The van der Waals surface area contributed by atoms with Gasteiger partial charge in [0, 0.05) is 6.42 Å². The number of amides is 2. The molecule has 198 valence electrons. The number of unbranched alkanes of at least 4 members (excludes halogenated alkanes) is 4. The van der Waals surface area contributed by atoms with Crippen molar-refractivity contribution in [1.29, 1.82) is 0 Å². The van der Waals surface area contributed by atoms with E-state index in [0.29, 0.717) is 5.76 Å². The number of aryl methyl sites for hydroxylation is 1. The largest absolute Gasteiger partial charge is 0.462 e. The summed E-state index contributed by atoms with van der Waals surface area (Å²) in [5.74, 6) is -0.275. The molecule has 6 nitrogen and oxygen atoms in total. The summed E-state index contributed by atoms with van der Waals surface area (Å²) in [5, 5.41) is 11.5. The molecule has 2 amide bonds. The summed E-state index contributed by atoms with van der Waals surface area (Å²) >= 11 is 3.57. The summed E-state index contributed by atoms with van der Waals surface area (Å²) in [6.07, 6.45) is 4.87. The average molecular weight is 563 g/mol. The second-order valence-corrected chi connectivity index (χ2v) is 11.5. The Bertz CT molecular complexity index is 1020. The number of imide groups is 1. The van der Waals surface area contributed by atoms with Crippen LogP contribution in [0.5, 0.6) is 0 Å². The van der Waals surface area contributed by atoms with Gasteiger partial charge in [0.15, 0.2) is 0 Å². The predicted molar refractivity (Wildman–Crippen MR) is 143 cm³/mol. The molecule has 1 aliphatic rings. The van der Waals surface area contributed by atoms with Crippen molar-refractivity contribution in [3.8, 4) is 0 Å². The highest BCUT2D eigenvalue weighted by Gasteiger charge is 2.53. The second kappa shape index (κ2) is 12.4. The van der Waals surface area contributed by atoms with Gasteiger partial charge in [-0.25, -0.2) is 9.69 Å². The lowest BCUT2D eigenvalue weighted by atomic mass is 9.86. The molecule has 1 fully saturated rings. The molecule has 0 radical (unpaired) electrons. The monoisotopic (exact) mass is 561 g/mol. The maximum absolute atomic E-state index is 14.0. The molecular formula is C29H40BrNO5. The molecule has 1 aliphatic heterocycles. The lowest BCUT2D eigenvalue weighted by Crippen LogP contribution is -2.50. The van der Waals surface area contributed by atoms with Crippen LogP contribution in [0.15, 0.2) is 45.3 Å². The van der Waals surface area contributed by atoms with Crippen LogP contribution in [0, 0.1) is 11.8 Å². The van der Waals surface area contributed by atoms with E-state index in [1.165, 1.54) is 24.2 Å². The Morgan fingerprint density at radius 3 is 2.44 bits per heavy atom. The van der Waals surface area contributed by atoms with Crippen LogP contribution in [0.4, 0.5) is 4.79 Å². The van der Waals surface area contributed by atoms with Gasteiger partial charge in [-0.15, -0.1) is 0 Å². The molecule has 7 heteroatoms. The number of hydrogen-bond donors (Lipinski definition) is 1. The smallest absolute Gasteiger partial charge is 0.417 e. The fourth-order valence-corrected chi connectivity index (χ4v) is 5.80. The van der Waals surface area contributed by atoms with Crippen LogP contribution in [0.3, 0.4) is 0 Å². The lowest BCUT2D eigenvalue weighted by Gasteiger charge is -2.33. The molecule has 0 spiro atoms. The van der Waals surface area contributed by atoms with E-state index in [1.807, 2.05) is 58.0 Å². The zero-order valence-corrected chi connectivity index (χ0v) is 23.7. The standard InChI is InChI=1S/C29H40BrNO5/c1-6-7-8-9-13-16-23-22(30)18-24(35-23)25(32)21(17-20-14-11-10-12-15-20)27(33)31-26(19(2)3)29(4,5)36-28(31)34/h10-12,14-15,18-19,21,25-26,32H,6-9,13,16-17H2,1-5H3/t21-,25-,26-/m0/s1. The van der Waals surface area contributed by atoms with Gasteiger partial charge in [-0.05, 0) is 60.2 Å². The molecule has 0 aliphatic carbocycles. The van der Waals surface area contributed by atoms with E-state index in [2.05, 4.69) is 22.9 Å². The minimum atomic E-state index is -1.22. The predicted octanol–water partition coefficient (Wildman–Crippen LogP) is 7.23. The van der Waals surface area contributed by atoms with Crippen molar-refractivity contribution < 1.29 is 23.8 Å². The summed E-state index contributed by atoms with van der Waals surface area (Å²) in [6.45, 7) is 9.77. The summed E-state index contributed by atoms with van der Waals surface area (Å²) in [7, 11) is 0. The van der Waals surface area contributed by atoms with E-state index in [4.69, 9.17) is 9.15 Å². The Morgan fingerprint density at radius 2 is 1.81 bits per heavy atom. The highest BCUT2D eigenvalue weighted by Crippen LogP contribution is 2.38. The molecule has 0 bridgehead atoms. The molecule has 36 heavy (non-hydrogen) atoms. The van der Waals surface area contributed by atoms with Gasteiger partial charge in [-0.2, -0.15) is 0 Å². The van der Waals surface area contributed by atoms with Crippen molar-refractivity contribution in [3.05, 3.63) is 58.0 Å². The summed E-state index contributed by atoms with van der Waals surface area (Å²) in [6, 6.07) is 10.8. The molecule has 1 N–H and O–H groups in total. The molecule has 0 saturated carbocycles. The Kier molecular flexibility index (Phi) is 9.81. The number of benzene rings is 1. The average Bonchev–Trinajstić information content (AvgIpc) is 3.31. The van der Waals surface area contributed by atoms with E-state index in [9.17, 15) is 14.7 Å². The Labute approximate surface area is 223 Å². The fourth-order valence-electron chi connectivity index (χ4n) is 5.30. The Morgan fingerprint density at radius 1 is 1.14 bits per heavy atom. The van der Waals surface area contributed by atoms with E-state index in [1.54, 1.807) is 6.07 Å². The minimum Gasteiger partial charge on any atom is -0.462 e. The Balaban J connectivity index is 1.88. The van der Waals surface area contributed by atoms with Crippen molar-refractivity contribution in [2.24, 2.45) is 11.8 Å². The highest BCUT2D eigenvalue weighted by molar-refractivity contribution is 9.10. The van der Waals surface area contributed by atoms with Gasteiger partial charge in [0.05, 0.1) is 16.4 Å². The number of furan rings is 1. The van der Waals surface area contributed by atoms with Crippen molar-refractivity contribution in [2.75, 3.05) is 0 Å². The maximum atomic E-state index is 14.0. The number of halogens is 1. The minimum absolute atomic E-state index is 0.0120. The van der Waals surface area contributed by atoms with Crippen LogP contribution < -0.4 is 0 Å². The summed E-state index contributed by atoms with van der Waals surface area (Å²) in [5.41, 5.74) is 0.0755. The van der Waals surface area contributed by atoms with Crippen molar-refractivity contribution in [3.63, 3.8) is 0 Å². The molecule has 1 aromatic carbocycles. The van der Waals surface area contributed by atoms with E-state index in [-0.39, 0.29) is 12.3 Å². The van der Waals surface area contributed by atoms with Crippen molar-refractivity contribution in [1.82, 2.24) is 4.90 Å². The molecule has 1 saturated heterocycles. The number of aliphatic hydroxyl groups excluding tert-OH is 1. The summed E-state index contributed by atoms with van der Waals surface area (Å²) in [4.78, 5) is 28.1. The van der Waals surface area contributed by atoms with Crippen molar-refractivity contribution >= 4 is 27.9 Å². The third-order valence-corrected chi connectivity index (χ3v) is 7.65. The number of hydrogen-bond acceptors (Lipinski definition) is 5. The van der Waals surface area contributed by atoms with Gasteiger partial charge in [0.25, 0.3) is 0 Å². The number of cyclic esters (lactones) is 1. The topological polar surface area (TPSA) is 80.0 Å². The molecule has 2 heterocycles. The van der Waals surface area contributed by atoms with Crippen LogP contribution >= 0.6 is 15.9 Å². The Hall–Kier alpha value is -2.12. The SMILES string of the molecule is CCCCCCCc1oc([C@@H](O)[C@H](Cc2ccccc2)C(=O)N2C(=O)OC(C)(C)[C@@H]2C(C)C)cc1Br. The zero-order chi connectivity index (χ0) is 26.5. The molecule has 2 aromatic rings.